The van der Waals surface area contributed by atoms with Crippen LogP contribution in [0.3, 0.4) is 0 Å². The summed E-state index contributed by atoms with van der Waals surface area (Å²) in [5, 5.41) is 10.6. The Morgan fingerprint density at radius 1 is 1.15 bits per heavy atom. The van der Waals surface area contributed by atoms with Crippen molar-refractivity contribution in [2.24, 2.45) is 5.92 Å². The van der Waals surface area contributed by atoms with Gasteiger partial charge in [-0.05, 0) is 30.7 Å². The molecule has 26 heavy (non-hydrogen) atoms. The predicted octanol–water partition coefficient (Wildman–Crippen LogP) is 3.55. The number of carbonyl (C=O) groups is 2. The lowest BCUT2D eigenvalue weighted by molar-refractivity contribution is -0.141. The average molecular weight is 366 g/mol. The SMILES string of the molecule is Cc1nc2cc(C(=O)N3C[C@@H](C(=O)O)[C@H](c4ccccc4)C3)ccc2s1. The van der Waals surface area contributed by atoms with E-state index in [9.17, 15) is 14.7 Å². The van der Waals surface area contributed by atoms with Crippen molar-refractivity contribution in [3.8, 4) is 0 Å². The number of benzene rings is 2. The lowest BCUT2D eigenvalue weighted by atomic mass is 9.89. The van der Waals surface area contributed by atoms with Gasteiger partial charge in [-0.3, -0.25) is 9.59 Å². The molecule has 0 radical (unpaired) electrons. The standard InChI is InChI=1S/C20H18N2O3S/c1-12-21-17-9-14(7-8-18(17)26-12)19(23)22-10-15(16(11-22)20(24)25)13-5-3-2-4-6-13/h2-9,15-16H,10-11H2,1H3,(H,24,25)/t15-,16+/m0/s1. The number of thiazole rings is 1. The summed E-state index contributed by atoms with van der Waals surface area (Å²) in [7, 11) is 0. The van der Waals surface area contributed by atoms with Gasteiger partial charge in [-0.2, -0.15) is 0 Å². The molecule has 0 unspecified atom stereocenters. The molecule has 1 aliphatic heterocycles. The Balaban J connectivity index is 1.62. The van der Waals surface area contributed by atoms with E-state index in [1.54, 1.807) is 28.4 Å². The van der Waals surface area contributed by atoms with E-state index >= 15 is 0 Å². The molecule has 2 aromatic carbocycles. The van der Waals surface area contributed by atoms with Gasteiger partial charge in [-0.1, -0.05) is 30.3 Å². The molecule has 0 bridgehead atoms. The number of carboxylic acid groups (broad SMARTS) is 1. The maximum atomic E-state index is 13.0. The number of carbonyl (C=O) groups excluding carboxylic acids is 1. The van der Waals surface area contributed by atoms with Crippen LogP contribution in [0.1, 0.15) is 26.8 Å². The highest BCUT2D eigenvalue weighted by Gasteiger charge is 2.40. The van der Waals surface area contributed by atoms with Crippen LogP contribution >= 0.6 is 11.3 Å². The maximum absolute atomic E-state index is 13.0. The first kappa shape index (κ1) is 16.7. The summed E-state index contributed by atoms with van der Waals surface area (Å²) in [4.78, 5) is 30.8. The van der Waals surface area contributed by atoms with E-state index in [4.69, 9.17) is 0 Å². The van der Waals surface area contributed by atoms with Crippen molar-refractivity contribution in [3.63, 3.8) is 0 Å². The highest BCUT2D eigenvalue weighted by atomic mass is 32.1. The number of aryl methyl sites for hydroxylation is 1. The molecule has 0 saturated carbocycles. The summed E-state index contributed by atoms with van der Waals surface area (Å²) in [6, 6.07) is 15.1. The van der Waals surface area contributed by atoms with Crippen LogP contribution in [-0.4, -0.2) is 40.0 Å². The molecule has 1 saturated heterocycles. The van der Waals surface area contributed by atoms with Gasteiger partial charge in [-0.15, -0.1) is 11.3 Å². The first-order chi connectivity index (χ1) is 12.5. The first-order valence-electron chi connectivity index (χ1n) is 8.47. The van der Waals surface area contributed by atoms with E-state index in [1.165, 1.54) is 0 Å². The zero-order valence-corrected chi connectivity index (χ0v) is 15.1. The molecule has 6 heteroatoms. The Kier molecular flexibility index (Phi) is 4.20. The zero-order valence-electron chi connectivity index (χ0n) is 14.3. The molecule has 1 N–H and O–H groups in total. The zero-order chi connectivity index (χ0) is 18.3. The van der Waals surface area contributed by atoms with Crippen molar-refractivity contribution in [1.29, 1.82) is 0 Å². The Labute approximate surface area is 154 Å². The Bertz CT molecular complexity index is 983. The van der Waals surface area contributed by atoms with E-state index in [1.807, 2.05) is 43.3 Å². The molecule has 4 rings (SSSR count). The van der Waals surface area contributed by atoms with Crippen LogP contribution < -0.4 is 0 Å². The maximum Gasteiger partial charge on any atom is 0.308 e. The smallest absolute Gasteiger partial charge is 0.308 e. The van der Waals surface area contributed by atoms with Gasteiger partial charge in [0.05, 0.1) is 21.1 Å². The van der Waals surface area contributed by atoms with E-state index in [0.29, 0.717) is 12.1 Å². The van der Waals surface area contributed by atoms with Crippen LogP contribution in [0.5, 0.6) is 0 Å². The normalized spacial score (nSPS) is 19.8. The number of likely N-dealkylation sites (tertiary alicyclic amines) is 1. The molecule has 2 atom stereocenters. The van der Waals surface area contributed by atoms with Crippen molar-refractivity contribution in [3.05, 3.63) is 64.7 Å². The van der Waals surface area contributed by atoms with Crippen LogP contribution in [0, 0.1) is 12.8 Å². The number of rotatable bonds is 3. The molecule has 1 amide bonds. The summed E-state index contributed by atoms with van der Waals surface area (Å²) in [5.41, 5.74) is 2.33. The third-order valence-corrected chi connectivity index (χ3v) is 5.85. The minimum Gasteiger partial charge on any atom is -0.481 e. The highest BCUT2D eigenvalue weighted by Crippen LogP contribution is 2.34. The number of fused-ring (bicyclic) bond motifs is 1. The molecular weight excluding hydrogens is 348 g/mol. The van der Waals surface area contributed by atoms with Gasteiger partial charge in [0.15, 0.2) is 0 Å². The summed E-state index contributed by atoms with van der Waals surface area (Å²) in [6.07, 6.45) is 0. The molecular formula is C20H18N2O3S. The van der Waals surface area contributed by atoms with Crippen LogP contribution in [0.15, 0.2) is 48.5 Å². The predicted molar refractivity (Wildman–Crippen MR) is 101 cm³/mol. The fraction of sp³-hybridized carbons (Fsp3) is 0.250. The van der Waals surface area contributed by atoms with Gasteiger partial charge in [0.2, 0.25) is 0 Å². The topological polar surface area (TPSA) is 70.5 Å². The lowest BCUT2D eigenvalue weighted by Crippen LogP contribution is -2.29. The minimum absolute atomic E-state index is 0.137. The fourth-order valence-electron chi connectivity index (χ4n) is 3.62. The van der Waals surface area contributed by atoms with Crippen LogP contribution in [0.2, 0.25) is 0 Å². The quantitative estimate of drug-likeness (QED) is 0.770. The van der Waals surface area contributed by atoms with Gasteiger partial charge in [0, 0.05) is 24.6 Å². The second-order valence-electron chi connectivity index (χ2n) is 6.59. The minimum atomic E-state index is -0.861. The number of hydrogen-bond donors (Lipinski definition) is 1. The number of hydrogen-bond acceptors (Lipinski definition) is 4. The molecule has 0 aliphatic carbocycles. The van der Waals surface area contributed by atoms with Crippen molar-refractivity contribution in [2.75, 3.05) is 13.1 Å². The Morgan fingerprint density at radius 2 is 1.92 bits per heavy atom. The number of aromatic nitrogens is 1. The molecule has 1 fully saturated rings. The van der Waals surface area contributed by atoms with Crippen LogP contribution in [0.4, 0.5) is 0 Å². The van der Waals surface area contributed by atoms with Gasteiger partial charge in [0.25, 0.3) is 5.91 Å². The van der Waals surface area contributed by atoms with Gasteiger partial charge >= 0.3 is 5.97 Å². The van der Waals surface area contributed by atoms with Crippen molar-refractivity contribution in [2.45, 2.75) is 12.8 Å². The number of amides is 1. The van der Waals surface area contributed by atoms with E-state index in [2.05, 4.69) is 4.98 Å². The van der Waals surface area contributed by atoms with Crippen LogP contribution in [-0.2, 0) is 4.79 Å². The molecule has 1 aliphatic rings. The molecule has 0 spiro atoms. The number of carboxylic acids is 1. The largest absolute Gasteiger partial charge is 0.481 e. The van der Waals surface area contributed by atoms with E-state index in [0.717, 1.165) is 20.8 Å². The Hall–Kier alpha value is -2.73. The number of nitrogens with zero attached hydrogens (tertiary/aromatic N) is 2. The van der Waals surface area contributed by atoms with Gasteiger partial charge in [-0.25, -0.2) is 4.98 Å². The second-order valence-corrected chi connectivity index (χ2v) is 7.82. The summed E-state index contributed by atoms with van der Waals surface area (Å²) >= 11 is 1.59. The van der Waals surface area contributed by atoms with Gasteiger partial charge < -0.3 is 10.0 Å². The average Bonchev–Trinajstić information content (AvgIpc) is 3.24. The number of aliphatic carboxylic acids is 1. The molecule has 5 nitrogen and oxygen atoms in total. The summed E-state index contributed by atoms with van der Waals surface area (Å²) in [5.74, 6) is -1.78. The highest BCUT2D eigenvalue weighted by molar-refractivity contribution is 7.18. The van der Waals surface area contributed by atoms with Gasteiger partial charge in [0.1, 0.15) is 0 Å². The monoisotopic (exact) mass is 366 g/mol. The second kappa shape index (κ2) is 6.53. The van der Waals surface area contributed by atoms with E-state index in [-0.39, 0.29) is 18.4 Å². The first-order valence-corrected chi connectivity index (χ1v) is 9.29. The molecule has 3 aromatic rings. The summed E-state index contributed by atoms with van der Waals surface area (Å²) < 4.78 is 1.05. The molecule has 1 aromatic heterocycles. The molecule has 2 heterocycles. The third-order valence-electron chi connectivity index (χ3n) is 4.89. The van der Waals surface area contributed by atoms with Crippen molar-refractivity contribution in [1.82, 2.24) is 9.88 Å². The van der Waals surface area contributed by atoms with Crippen LogP contribution in [0.25, 0.3) is 10.2 Å². The molecule has 132 valence electrons. The van der Waals surface area contributed by atoms with Crippen molar-refractivity contribution >= 4 is 33.4 Å². The summed E-state index contributed by atoms with van der Waals surface area (Å²) in [6.45, 7) is 2.57. The third kappa shape index (κ3) is 2.97. The lowest BCUT2D eigenvalue weighted by Gasteiger charge is -2.16. The fourth-order valence-corrected chi connectivity index (χ4v) is 4.42. The van der Waals surface area contributed by atoms with Crippen molar-refractivity contribution < 1.29 is 14.7 Å². The Morgan fingerprint density at radius 3 is 2.65 bits per heavy atom. The van der Waals surface area contributed by atoms with E-state index < -0.39 is 11.9 Å².